The van der Waals surface area contributed by atoms with Crippen LogP contribution in [0.15, 0.2) is 51.0 Å². The van der Waals surface area contributed by atoms with Crippen molar-refractivity contribution in [2.45, 2.75) is 10.6 Å². The zero-order chi connectivity index (χ0) is 18.1. The van der Waals surface area contributed by atoms with Gasteiger partial charge in [0, 0.05) is 31.7 Å². The van der Waals surface area contributed by atoms with E-state index in [0.29, 0.717) is 23.3 Å². The first-order chi connectivity index (χ1) is 12.0. The molecule has 0 amide bonds. The third-order valence-electron chi connectivity index (χ3n) is 3.29. The second-order valence-corrected chi connectivity index (χ2v) is 8.51. The quantitative estimate of drug-likeness (QED) is 0.360. The first-order valence-electron chi connectivity index (χ1n) is 7.73. The van der Waals surface area contributed by atoms with Gasteiger partial charge in [-0.05, 0) is 35.6 Å². The number of nitrogens with zero attached hydrogens (tertiary/aromatic N) is 1. The number of thiophene rings is 1. The van der Waals surface area contributed by atoms with E-state index >= 15 is 0 Å². The molecule has 1 aromatic carbocycles. The molecule has 0 aliphatic rings. The van der Waals surface area contributed by atoms with Crippen LogP contribution in [0.3, 0.4) is 0 Å². The summed E-state index contributed by atoms with van der Waals surface area (Å²) >= 11 is 7.15. The lowest BCUT2D eigenvalue weighted by Gasteiger charge is -2.12. The summed E-state index contributed by atoms with van der Waals surface area (Å²) in [6.45, 7) is 1.40. The molecule has 136 valence electrons. The minimum absolute atomic E-state index is 0.273. The maximum atomic E-state index is 12.0. The Morgan fingerprint density at radius 2 is 1.96 bits per heavy atom. The maximum Gasteiger partial charge on any atom is 0.250 e. The van der Waals surface area contributed by atoms with Gasteiger partial charge < -0.3 is 10.6 Å². The van der Waals surface area contributed by atoms with Crippen molar-refractivity contribution in [2.75, 3.05) is 26.7 Å². The van der Waals surface area contributed by atoms with E-state index < -0.39 is 10.0 Å². The van der Waals surface area contributed by atoms with Crippen LogP contribution in [0.1, 0.15) is 5.56 Å². The Morgan fingerprint density at radius 3 is 2.64 bits per heavy atom. The van der Waals surface area contributed by atoms with Crippen molar-refractivity contribution in [2.24, 2.45) is 4.99 Å². The van der Waals surface area contributed by atoms with Gasteiger partial charge in [0.05, 0.1) is 0 Å². The summed E-state index contributed by atoms with van der Waals surface area (Å²) in [6, 6.07) is 11.0. The Morgan fingerprint density at radius 1 is 1.16 bits per heavy atom. The van der Waals surface area contributed by atoms with E-state index in [0.717, 1.165) is 17.0 Å². The number of guanidine groups is 1. The molecule has 0 aliphatic carbocycles. The van der Waals surface area contributed by atoms with Gasteiger partial charge in [-0.2, -0.15) is 0 Å². The number of nitrogens with one attached hydrogen (secondary N) is 3. The van der Waals surface area contributed by atoms with Crippen molar-refractivity contribution in [3.63, 3.8) is 0 Å². The lowest BCUT2D eigenvalue weighted by Crippen LogP contribution is -2.42. The van der Waals surface area contributed by atoms with Crippen LogP contribution in [-0.2, 0) is 16.4 Å². The van der Waals surface area contributed by atoms with Gasteiger partial charge in [-0.25, -0.2) is 13.1 Å². The van der Waals surface area contributed by atoms with E-state index in [-0.39, 0.29) is 6.54 Å². The molecule has 0 radical (unpaired) electrons. The molecule has 6 nitrogen and oxygen atoms in total. The second kappa shape index (κ2) is 9.76. The molecule has 9 heteroatoms. The van der Waals surface area contributed by atoms with E-state index in [9.17, 15) is 8.42 Å². The zero-order valence-corrected chi connectivity index (χ0v) is 16.2. The molecule has 0 aliphatic heterocycles. The smallest absolute Gasteiger partial charge is 0.250 e. The van der Waals surface area contributed by atoms with E-state index in [1.54, 1.807) is 24.6 Å². The summed E-state index contributed by atoms with van der Waals surface area (Å²) in [5.74, 6) is 0.623. The zero-order valence-electron chi connectivity index (χ0n) is 13.8. The monoisotopic (exact) mass is 400 g/mol. The van der Waals surface area contributed by atoms with Crippen LogP contribution in [0.25, 0.3) is 0 Å². The van der Waals surface area contributed by atoms with E-state index in [2.05, 4.69) is 20.3 Å². The van der Waals surface area contributed by atoms with Gasteiger partial charge in [-0.15, -0.1) is 11.3 Å². The van der Waals surface area contributed by atoms with Crippen LogP contribution < -0.4 is 15.4 Å². The van der Waals surface area contributed by atoms with Crippen LogP contribution in [-0.4, -0.2) is 41.1 Å². The van der Waals surface area contributed by atoms with Crippen LogP contribution in [0.2, 0.25) is 5.02 Å². The van der Waals surface area contributed by atoms with Crippen LogP contribution in [0.5, 0.6) is 0 Å². The molecule has 0 saturated carbocycles. The van der Waals surface area contributed by atoms with E-state index in [4.69, 9.17) is 11.6 Å². The number of rotatable bonds is 8. The topological polar surface area (TPSA) is 82.6 Å². The summed E-state index contributed by atoms with van der Waals surface area (Å²) in [7, 11) is -1.75. The number of halogens is 1. The molecule has 1 aromatic heterocycles. The minimum atomic E-state index is -3.42. The lowest BCUT2D eigenvalue weighted by molar-refractivity contribution is 0.582. The fraction of sp³-hybridized carbons (Fsp3) is 0.312. The SMILES string of the molecule is CN=C(NCCNS(=O)(=O)c1cccs1)NCCc1cccc(Cl)c1. The van der Waals surface area contributed by atoms with Gasteiger partial charge >= 0.3 is 0 Å². The Balaban J connectivity index is 1.68. The second-order valence-electron chi connectivity index (χ2n) is 5.14. The number of benzene rings is 1. The number of hydrogen-bond acceptors (Lipinski definition) is 4. The summed E-state index contributed by atoms with van der Waals surface area (Å²) in [5.41, 5.74) is 1.14. The summed E-state index contributed by atoms with van der Waals surface area (Å²) < 4.78 is 26.8. The summed E-state index contributed by atoms with van der Waals surface area (Å²) in [5, 5.41) is 8.71. The molecule has 3 N–H and O–H groups in total. The molecule has 0 atom stereocenters. The average Bonchev–Trinajstić information content (AvgIpc) is 3.12. The molecule has 0 unspecified atom stereocenters. The van der Waals surface area contributed by atoms with Crippen LogP contribution in [0, 0.1) is 0 Å². The largest absolute Gasteiger partial charge is 0.356 e. The third kappa shape index (κ3) is 6.66. The van der Waals surface area contributed by atoms with E-state index in [1.165, 1.54) is 11.3 Å². The van der Waals surface area contributed by atoms with Gasteiger partial charge in [0.15, 0.2) is 5.96 Å². The first-order valence-corrected chi connectivity index (χ1v) is 10.5. The molecule has 2 rings (SSSR count). The molecule has 25 heavy (non-hydrogen) atoms. The molecule has 2 aromatic rings. The summed E-state index contributed by atoms with van der Waals surface area (Å²) in [4.78, 5) is 4.11. The Hall–Kier alpha value is -1.61. The molecule has 0 saturated heterocycles. The summed E-state index contributed by atoms with van der Waals surface area (Å²) in [6.07, 6.45) is 0.812. The molecule has 0 bridgehead atoms. The maximum absolute atomic E-state index is 12.0. The normalized spacial score (nSPS) is 12.2. The molecule has 0 fully saturated rings. The highest BCUT2D eigenvalue weighted by molar-refractivity contribution is 7.91. The Labute approximate surface area is 157 Å². The number of hydrogen-bond donors (Lipinski definition) is 3. The van der Waals surface area contributed by atoms with Crippen LogP contribution in [0.4, 0.5) is 0 Å². The highest BCUT2D eigenvalue weighted by atomic mass is 35.5. The molecule has 1 heterocycles. The highest BCUT2D eigenvalue weighted by Crippen LogP contribution is 2.14. The van der Waals surface area contributed by atoms with Crippen molar-refractivity contribution in [1.82, 2.24) is 15.4 Å². The van der Waals surface area contributed by atoms with Crippen LogP contribution >= 0.6 is 22.9 Å². The molecular formula is C16H21ClN4O2S2. The fourth-order valence-corrected chi connectivity index (χ4v) is 4.37. The van der Waals surface area contributed by atoms with E-state index in [1.807, 2.05) is 24.3 Å². The van der Waals surface area contributed by atoms with Crippen molar-refractivity contribution < 1.29 is 8.42 Å². The van der Waals surface area contributed by atoms with Gasteiger partial charge in [-0.1, -0.05) is 29.8 Å². The Bertz CT molecular complexity index is 792. The molecule has 0 spiro atoms. The van der Waals surface area contributed by atoms with Crippen molar-refractivity contribution in [3.8, 4) is 0 Å². The van der Waals surface area contributed by atoms with Gasteiger partial charge in [-0.3, -0.25) is 4.99 Å². The minimum Gasteiger partial charge on any atom is -0.356 e. The van der Waals surface area contributed by atoms with Crippen molar-refractivity contribution in [1.29, 1.82) is 0 Å². The van der Waals surface area contributed by atoms with Gasteiger partial charge in [0.1, 0.15) is 4.21 Å². The Kier molecular flexibility index (Phi) is 7.70. The molecular weight excluding hydrogens is 380 g/mol. The van der Waals surface area contributed by atoms with Gasteiger partial charge in [0.2, 0.25) is 10.0 Å². The number of sulfonamides is 1. The first kappa shape index (κ1) is 19.7. The third-order valence-corrected chi connectivity index (χ3v) is 6.38. The van der Waals surface area contributed by atoms with Gasteiger partial charge in [0.25, 0.3) is 0 Å². The lowest BCUT2D eigenvalue weighted by atomic mass is 10.1. The predicted octanol–water partition coefficient (Wildman–Crippen LogP) is 2.09. The highest BCUT2D eigenvalue weighted by Gasteiger charge is 2.13. The number of aliphatic imine (C=N–C) groups is 1. The van der Waals surface area contributed by atoms with Crippen molar-refractivity contribution >= 4 is 38.9 Å². The standard InChI is InChI=1S/C16H21ClN4O2S2/c1-18-16(19-8-7-13-4-2-5-14(17)12-13)20-9-10-21-25(22,23)15-6-3-11-24-15/h2-6,11-12,21H,7-10H2,1H3,(H2,18,19,20). The fourth-order valence-electron chi connectivity index (χ4n) is 2.09. The average molecular weight is 401 g/mol. The van der Waals surface area contributed by atoms with Crippen molar-refractivity contribution in [3.05, 3.63) is 52.4 Å². The predicted molar refractivity (Wildman–Crippen MR) is 104 cm³/mol.